The molecule has 2 aliphatic rings. The average Bonchev–Trinajstić information content (AvgIpc) is 2.86. The molecule has 0 spiro atoms. The van der Waals surface area contributed by atoms with Gasteiger partial charge in [0.1, 0.15) is 5.78 Å². The van der Waals surface area contributed by atoms with E-state index in [9.17, 15) is 4.79 Å². The Kier molecular flexibility index (Phi) is 3.22. The Labute approximate surface area is 115 Å². The van der Waals surface area contributed by atoms with Crippen LogP contribution in [0.5, 0.6) is 0 Å². The van der Waals surface area contributed by atoms with E-state index in [-0.39, 0.29) is 5.41 Å². The summed E-state index contributed by atoms with van der Waals surface area (Å²) in [5.74, 6) is 1.39. The second-order valence-electron chi connectivity index (χ2n) is 6.46. The Morgan fingerprint density at radius 2 is 2.21 bits per heavy atom. The van der Waals surface area contributed by atoms with Crippen molar-refractivity contribution in [3.05, 3.63) is 35.4 Å². The number of hydrogen-bond acceptors (Lipinski definition) is 2. The van der Waals surface area contributed by atoms with Gasteiger partial charge in [-0.1, -0.05) is 38.1 Å². The molecule has 19 heavy (non-hydrogen) atoms. The van der Waals surface area contributed by atoms with E-state index in [1.165, 1.54) is 11.1 Å². The Balaban J connectivity index is 1.73. The third-order valence-corrected chi connectivity index (χ3v) is 5.24. The molecule has 0 bridgehead atoms. The molecule has 1 aliphatic heterocycles. The number of ketones is 1. The normalized spacial score (nSPS) is 29.1. The highest BCUT2D eigenvalue weighted by molar-refractivity contribution is 5.87. The molecule has 0 saturated carbocycles. The molecule has 1 fully saturated rings. The molecular formula is C17H23NO. The fourth-order valence-electron chi connectivity index (χ4n) is 3.74. The van der Waals surface area contributed by atoms with Crippen LogP contribution < -0.4 is 5.32 Å². The lowest BCUT2D eigenvalue weighted by molar-refractivity contribution is -0.130. The maximum absolute atomic E-state index is 12.8. The molecule has 0 radical (unpaired) electrons. The number of carbonyl (C=O) groups excluding carboxylic acids is 1. The van der Waals surface area contributed by atoms with Gasteiger partial charge in [0.2, 0.25) is 0 Å². The molecule has 2 nitrogen and oxygen atoms in total. The smallest absolute Gasteiger partial charge is 0.141 e. The highest BCUT2D eigenvalue weighted by atomic mass is 16.1. The van der Waals surface area contributed by atoms with Gasteiger partial charge < -0.3 is 5.32 Å². The molecule has 1 saturated heterocycles. The first-order valence-electron chi connectivity index (χ1n) is 7.45. The van der Waals surface area contributed by atoms with Crippen molar-refractivity contribution < 1.29 is 4.79 Å². The first-order valence-corrected chi connectivity index (χ1v) is 7.45. The van der Waals surface area contributed by atoms with Crippen molar-refractivity contribution in [1.82, 2.24) is 5.32 Å². The van der Waals surface area contributed by atoms with E-state index in [4.69, 9.17) is 0 Å². The zero-order chi connectivity index (χ0) is 13.5. The minimum absolute atomic E-state index is 0.107. The molecule has 0 amide bonds. The van der Waals surface area contributed by atoms with Crippen LogP contribution in [0.4, 0.5) is 0 Å². The number of fused-ring (bicyclic) bond motifs is 1. The van der Waals surface area contributed by atoms with Crippen LogP contribution >= 0.6 is 0 Å². The molecule has 2 unspecified atom stereocenters. The van der Waals surface area contributed by atoms with Crippen LogP contribution in [0.15, 0.2) is 24.3 Å². The van der Waals surface area contributed by atoms with Gasteiger partial charge in [0.15, 0.2) is 0 Å². The van der Waals surface area contributed by atoms with Gasteiger partial charge in [-0.2, -0.15) is 0 Å². The van der Waals surface area contributed by atoms with Gasteiger partial charge in [0.25, 0.3) is 0 Å². The number of carbonyl (C=O) groups is 1. The molecule has 102 valence electrons. The summed E-state index contributed by atoms with van der Waals surface area (Å²) in [7, 11) is 0. The van der Waals surface area contributed by atoms with Crippen molar-refractivity contribution in [3.63, 3.8) is 0 Å². The van der Waals surface area contributed by atoms with Crippen LogP contribution in [-0.2, 0) is 11.2 Å². The molecule has 1 aliphatic carbocycles. The van der Waals surface area contributed by atoms with E-state index < -0.39 is 0 Å². The van der Waals surface area contributed by atoms with E-state index in [0.717, 1.165) is 32.4 Å². The zero-order valence-corrected chi connectivity index (χ0v) is 11.9. The number of hydrogen-bond donors (Lipinski definition) is 1. The Morgan fingerprint density at radius 1 is 1.42 bits per heavy atom. The SMILES string of the molecule is CC(C)C1(C(=O)CC2Cc3ccccc32)CCNC1. The largest absolute Gasteiger partial charge is 0.316 e. The van der Waals surface area contributed by atoms with Gasteiger partial charge in [0, 0.05) is 18.4 Å². The maximum Gasteiger partial charge on any atom is 0.141 e. The summed E-state index contributed by atoms with van der Waals surface area (Å²) in [4.78, 5) is 12.8. The van der Waals surface area contributed by atoms with Crippen LogP contribution in [0.3, 0.4) is 0 Å². The van der Waals surface area contributed by atoms with Crippen molar-refractivity contribution in [1.29, 1.82) is 0 Å². The van der Waals surface area contributed by atoms with E-state index in [2.05, 4.69) is 43.4 Å². The molecule has 3 rings (SSSR count). The van der Waals surface area contributed by atoms with Crippen LogP contribution in [0.1, 0.15) is 43.7 Å². The number of rotatable bonds is 4. The molecule has 2 heteroatoms. The molecule has 2 atom stereocenters. The van der Waals surface area contributed by atoms with Gasteiger partial charge in [0.05, 0.1) is 0 Å². The first kappa shape index (κ1) is 12.9. The fraction of sp³-hybridized carbons (Fsp3) is 0.588. The lowest BCUT2D eigenvalue weighted by Crippen LogP contribution is -2.40. The topological polar surface area (TPSA) is 29.1 Å². The van der Waals surface area contributed by atoms with Crippen LogP contribution in [-0.4, -0.2) is 18.9 Å². The van der Waals surface area contributed by atoms with Crippen molar-refractivity contribution in [2.24, 2.45) is 11.3 Å². The predicted octanol–water partition coefficient (Wildman–Crippen LogP) is 2.92. The number of benzene rings is 1. The molecule has 1 aromatic rings. The summed E-state index contributed by atoms with van der Waals surface area (Å²) in [6, 6.07) is 8.55. The summed E-state index contributed by atoms with van der Waals surface area (Å²) < 4.78 is 0. The zero-order valence-electron chi connectivity index (χ0n) is 11.9. The Morgan fingerprint density at radius 3 is 2.84 bits per heavy atom. The second-order valence-corrected chi connectivity index (χ2v) is 6.46. The summed E-state index contributed by atoms with van der Waals surface area (Å²) in [6.45, 7) is 6.25. The Hall–Kier alpha value is -1.15. The van der Waals surface area contributed by atoms with Crippen molar-refractivity contribution >= 4 is 5.78 Å². The van der Waals surface area contributed by atoms with E-state index in [1.807, 2.05) is 0 Å². The van der Waals surface area contributed by atoms with Crippen LogP contribution in [0.2, 0.25) is 0 Å². The fourth-order valence-corrected chi connectivity index (χ4v) is 3.74. The van der Waals surface area contributed by atoms with E-state index in [1.54, 1.807) is 0 Å². The van der Waals surface area contributed by atoms with Crippen molar-refractivity contribution in [2.45, 2.75) is 39.0 Å². The summed E-state index contributed by atoms with van der Waals surface area (Å²) in [6.07, 6.45) is 2.83. The molecule has 1 heterocycles. The lowest BCUT2D eigenvalue weighted by Gasteiger charge is -2.36. The van der Waals surface area contributed by atoms with Crippen LogP contribution in [0.25, 0.3) is 0 Å². The van der Waals surface area contributed by atoms with Crippen LogP contribution in [0, 0.1) is 11.3 Å². The van der Waals surface area contributed by atoms with Crippen molar-refractivity contribution in [3.8, 4) is 0 Å². The highest BCUT2D eigenvalue weighted by Crippen LogP contribution is 2.42. The lowest BCUT2D eigenvalue weighted by atomic mass is 9.67. The summed E-state index contributed by atoms with van der Waals surface area (Å²) >= 11 is 0. The maximum atomic E-state index is 12.8. The predicted molar refractivity (Wildman–Crippen MR) is 77.3 cm³/mol. The Bertz CT molecular complexity index is 486. The molecular weight excluding hydrogens is 234 g/mol. The minimum atomic E-state index is -0.107. The minimum Gasteiger partial charge on any atom is -0.316 e. The monoisotopic (exact) mass is 257 g/mol. The van der Waals surface area contributed by atoms with Gasteiger partial charge in [-0.05, 0) is 42.3 Å². The summed E-state index contributed by atoms with van der Waals surface area (Å²) in [5.41, 5.74) is 2.73. The number of nitrogens with one attached hydrogen (secondary N) is 1. The standard InChI is InChI=1S/C17H23NO/c1-12(2)17(7-8-18-11-17)16(19)10-14-9-13-5-3-4-6-15(13)14/h3-6,12,14,18H,7-11H2,1-2H3. The quantitative estimate of drug-likeness (QED) is 0.898. The van der Waals surface area contributed by atoms with Gasteiger partial charge in [-0.3, -0.25) is 4.79 Å². The van der Waals surface area contributed by atoms with Gasteiger partial charge in [-0.25, -0.2) is 0 Å². The molecule has 0 aromatic heterocycles. The highest BCUT2D eigenvalue weighted by Gasteiger charge is 2.44. The molecule has 1 N–H and O–H groups in total. The van der Waals surface area contributed by atoms with Gasteiger partial charge in [-0.15, -0.1) is 0 Å². The third kappa shape index (κ3) is 2.02. The summed E-state index contributed by atoms with van der Waals surface area (Å²) in [5, 5.41) is 3.38. The second kappa shape index (κ2) is 4.75. The van der Waals surface area contributed by atoms with E-state index in [0.29, 0.717) is 17.6 Å². The van der Waals surface area contributed by atoms with Crippen molar-refractivity contribution in [2.75, 3.05) is 13.1 Å². The van der Waals surface area contributed by atoms with Gasteiger partial charge >= 0.3 is 0 Å². The average molecular weight is 257 g/mol. The van der Waals surface area contributed by atoms with E-state index >= 15 is 0 Å². The number of Topliss-reactive ketones (excluding diaryl/α,β-unsaturated/α-hetero) is 1. The molecule has 1 aromatic carbocycles. The first-order chi connectivity index (χ1) is 9.13. The third-order valence-electron chi connectivity index (χ3n) is 5.24.